The number of carbonyl (C=O) groups is 1. The van der Waals surface area contributed by atoms with Gasteiger partial charge in [0.25, 0.3) is 0 Å². The van der Waals surface area contributed by atoms with Crippen LogP contribution in [0.2, 0.25) is 0 Å². The number of amides is 1. The monoisotopic (exact) mass is 278 g/mol. The maximum atomic E-state index is 13.6. The van der Waals surface area contributed by atoms with Crippen LogP contribution in [0.3, 0.4) is 0 Å². The Balaban J connectivity index is 2.13. The molecule has 1 aliphatic heterocycles. The van der Waals surface area contributed by atoms with E-state index >= 15 is 0 Å². The fourth-order valence-electron chi connectivity index (χ4n) is 2.90. The molecule has 0 aliphatic carbocycles. The summed E-state index contributed by atoms with van der Waals surface area (Å²) < 4.78 is 13.6. The average Bonchev–Trinajstić information content (AvgIpc) is 2.44. The van der Waals surface area contributed by atoms with Crippen LogP contribution >= 0.6 is 0 Å². The number of hydrogen-bond acceptors (Lipinski definition) is 2. The lowest BCUT2D eigenvalue weighted by atomic mass is 9.76. The Morgan fingerprint density at radius 2 is 2.30 bits per heavy atom. The van der Waals surface area contributed by atoms with Gasteiger partial charge in [0.15, 0.2) is 0 Å². The van der Waals surface area contributed by atoms with Gasteiger partial charge in [-0.15, -0.1) is 0 Å². The van der Waals surface area contributed by atoms with Gasteiger partial charge in [0.05, 0.1) is 5.41 Å². The van der Waals surface area contributed by atoms with Crippen LogP contribution in [-0.2, 0) is 4.79 Å². The van der Waals surface area contributed by atoms with Gasteiger partial charge in [-0.3, -0.25) is 4.79 Å². The number of rotatable bonds is 4. The van der Waals surface area contributed by atoms with E-state index in [0.29, 0.717) is 17.8 Å². The maximum Gasteiger partial charge on any atom is 0.231 e. The first-order valence-electron chi connectivity index (χ1n) is 7.36. The molecule has 20 heavy (non-hydrogen) atoms. The highest BCUT2D eigenvalue weighted by atomic mass is 19.1. The Bertz CT molecular complexity index is 476. The van der Waals surface area contributed by atoms with Crippen molar-refractivity contribution in [3.05, 3.63) is 29.6 Å². The van der Waals surface area contributed by atoms with Gasteiger partial charge >= 0.3 is 0 Å². The minimum absolute atomic E-state index is 0.00908. The van der Waals surface area contributed by atoms with Crippen LogP contribution in [0.15, 0.2) is 18.2 Å². The molecule has 1 aromatic carbocycles. The molecule has 110 valence electrons. The molecule has 3 nitrogen and oxygen atoms in total. The molecule has 0 aromatic heterocycles. The smallest absolute Gasteiger partial charge is 0.231 e. The Kier molecular flexibility index (Phi) is 4.76. The molecule has 0 radical (unpaired) electrons. The van der Waals surface area contributed by atoms with E-state index in [9.17, 15) is 9.18 Å². The lowest BCUT2D eigenvalue weighted by Gasteiger charge is -2.36. The number of aryl methyl sites for hydroxylation is 1. The van der Waals surface area contributed by atoms with Crippen molar-refractivity contribution in [3.8, 4) is 0 Å². The lowest BCUT2D eigenvalue weighted by Crippen LogP contribution is -2.48. The molecule has 4 heteroatoms. The summed E-state index contributed by atoms with van der Waals surface area (Å²) in [5.74, 6) is -0.274. The minimum atomic E-state index is -0.353. The number of piperidine rings is 1. The molecule has 1 aliphatic rings. The third kappa shape index (κ3) is 3.18. The van der Waals surface area contributed by atoms with Crippen LogP contribution in [0.4, 0.5) is 10.1 Å². The van der Waals surface area contributed by atoms with Crippen LogP contribution in [0.25, 0.3) is 0 Å². The Labute approximate surface area is 120 Å². The Hall–Kier alpha value is -1.42. The molecule has 2 rings (SSSR count). The molecule has 1 amide bonds. The summed E-state index contributed by atoms with van der Waals surface area (Å²) in [6.45, 7) is 5.48. The molecular weight excluding hydrogens is 255 g/mol. The normalized spacial score (nSPS) is 22.6. The van der Waals surface area contributed by atoms with Gasteiger partial charge in [-0.1, -0.05) is 19.4 Å². The molecule has 1 aromatic rings. The SMILES string of the molecule is CCCC1(C(=O)Nc2ccc(C)c(F)c2)CCCNC1. The van der Waals surface area contributed by atoms with Gasteiger partial charge < -0.3 is 10.6 Å². The van der Waals surface area contributed by atoms with Crippen LogP contribution in [0.5, 0.6) is 0 Å². The standard InChI is InChI=1S/C16H23FN2O/c1-3-7-16(8-4-9-18-11-16)15(20)19-13-6-5-12(2)14(17)10-13/h5-6,10,18H,3-4,7-9,11H2,1-2H3,(H,19,20). The maximum absolute atomic E-state index is 13.6. The van der Waals surface area contributed by atoms with Crippen molar-refractivity contribution < 1.29 is 9.18 Å². The highest BCUT2D eigenvalue weighted by Crippen LogP contribution is 2.33. The topological polar surface area (TPSA) is 41.1 Å². The molecule has 1 fully saturated rings. The first-order chi connectivity index (χ1) is 9.57. The number of nitrogens with one attached hydrogen (secondary N) is 2. The van der Waals surface area contributed by atoms with Crippen LogP contribution in [-0.4, -0.2) is 19.0 Å². The van der Waals surface area contributed by atoms with Crippen LogP contribution in [0, 0.1) is 18.2 Å². The van der Waals surface area contributed by atoms with Crippen molar-refractivity contribution in [1.82, 2.24) is 5.32 Å². The van der Waals surface area contributed by atoms with E-state index in [-0.39, 0.29) is 17.1 Å². The van der Waals surface area contributed by atoms with E-state index in [1.54, 1.807) is 19.1 Å². The Morgan fingerprint density at radius 1 is 1.50 bits per heavy atom. The first kappa shape index (κ1) is 15.0. The molecule has 1 unspecified atom stereocenters. The number of hydrogen-bond donors (Lipinski definition) is 2. The first-order valence-corrected chi connectivity index (χ1v) is 7.36. The highest BCUT2D eigenvalue weighted by Gasteiger charge is 2.38. The van der Waals surface area contributed by atoms with Gasteiger partial charge in [0.2, 0.25) is 5.91 Å². The van der Waals surface area contributed by atoms with Gasteiger partial charge in [0.1, 0.15) is 5.82 Å². The zero-order chi connectivity index (χ0) is 14.6. The van der Waals surface area contributed by atoms with Crippen molar-refractivity contribution in [3.63, 3.8) is 0 Å². The predicted octanol–water partition coefficient (Wildman–Crippen LogP) is 3.24. The second kappa shape index (κ2) is 6.35. The summed E-state index contributed by atoms with van der Waals surface area (Å²) in [6, 6.07) is 4.84. The van der Waals surface area contributed by atoms with Crippen molar-refractivity contribution in [1.29, 1.82) is 0 Å². The largest absolute Gasteiger partial charge is 0.325 e. The number of carbonyl (C=O) groups excluding carboxylic acids is 1. The van der Waals surface area contributed by atoms with Gasteiger partial charge in [-0.25, -0.2) is 4.39 Å². The molecule has 1 atom stereocenters. The van der Waals surface area contributed by atoms with Crippen LogP contribution in [0.1, 0.15) is 38.2 Å². The van der Waals surface area contributed by atoms with Crippen molar-refractivity contribution in [2.45, 2.75) is 39.5 Å². The molecule has 1 saturated heterocycles. The molecule has 0 spiro atoms. The van der Waals surface area contributed by atoms with Gasteiger partial charge in [-0.2, -0.15) is 0 Å². The fraction of sp³-hybridized carbons (Fsp3) is 0.562. The molecule has 1 heterocycles. The van der Waals surface area contributed by atoms with E-state index in [4.69, 9.17) is 0 Å². The van der Waals surface area contributed by atoms with E-state index in [0.717, 1.165) is 32.2 Å². The zero-order valence-electron chi connectivity index (χ0n) is 12.3. The summed E-state index contributed by atoms with van der Waals surface area (Å²) >= 11 is 0. The molecular formula is C16H23FN2O. The van der Waals surface area contributed by atoms with Crippen molar-refractivity contribution in [2.24, 2.45) is 5.41 Å². The summed E-state index contributed by atoms with van der Waals surface area (Å²) in [7, 11) is 0. The highest BCUT2D eigenvalue weighted by molar-refractivity contribution is 5.95. The second-order valence-electron chi connectivity index (χ2n) is 5.73. The number of anilines is 1. The summed E-state index contributed by atoms with van der Waals surface area (Å²) in [5, 5.41) is 6.20. The second-order valence-corrected chi connectivity index (χ2v) is 5.73. The molecule has 0 saturated carbocycles. The van der Waals surface area contributed by atoms with Crippen molar-refractivity contribution >= 4 is 11.6 Å². The predicted molar refractivity (Wildman–Crippen MR) is 79.2 cm³/mol. The fourth-order valence-corrected chi connectivity index (χ4v) is 2.90. The minimum Gasteiger partial charge on any atom is -0.325 e. The average molecular weight is 278 g/mol. The molecule has 2 N–H and O–H groups in total. The third-order valence-corrected chi connectivity index (χ3v) is 4.11. The quantitative estimate of drug-likeness (QED) is 0.887. The van der Waals surface area contributed by atoms with Crippen molar-refractivity contribution in [2.75, 3.05) is 18.4 Å². The van der Waals surface area contributed by atoms with Crippen LogP contribution < -0.4 is 10.6 Å². The van der Waals surface area contributed by atoms with E-state index in [1.165, 1.54) is 6.07 Å². The van der Waals surface area contributed by atoms with Gasteiger partial charge in [0, 0.05) is 12.2 Å². The lowest BCUT2D eigenvalue weighted by molar-refractivity contribution is -0.127. The number of benzene rings is 1. The zero-order valence-corrected chi connectivity index (χ0v) is 12.3. The summed E-state index contributed by atoms with van der Waals surface area (Å²) in [6.07, 6.45) is 3.74. The Morgan fingerprint density at radius 3 is 2.90 bits per heavy atom. The van der Waals surface area contributed by atoms with Gasteiger partial charge in [-0.05, 0) is 50.4 Å². The summed E-state index contributed by atoms with van der Waals surface area (Å²) in [5.41, 5.74) is 0.777. The van der Waals surface area contributed by atoms with E-state index in [2.05, 4.69) is 17.6 Å². The number of halogens is 1. The van der Waals surface area contributed by atoms with E-state index < -0.39 is 0 Å². The third-order valence-electron chi connectivity index (χ3n) is 4.11. The summed E-state index contributed by atoms with van der Waals surface area (Å²) in [4.78, 5) is 12.6. The molecule has 0 bridgehead atoms. The van der Waals surface area contributed by atoms with E-state index in [1.807, 2.05) is 0 Å².